The fourth-order valence-electron chi connectivity index (χ4n) is 1.35. The van der Waals surface area contributed by atoms with Gasteiger partial charge in [0, 0.05) is 9.19 Å². The minimum absolute atomic E-state index is 0.118. The highest BCUT2D eigenvalue weighted by Gasteiger charge is 2.45. The van der Waals surface area contributed by atoms with Gasteiger partial charge in [0.15, 0.2) is 0 Å². The maximum Gasteiger partial charge on any atom is 0.719 e. The normalized spacial score (nSPS) is 19.8. The number of para-hydroxylation sites is 2. The number of anilines is 1. The maximum absolute atomic E-state index is 11.0. The third kappa shape index (κ3) is 2.38. The number of hydroxylamine groups is 1. The Bertz CT molecular complexity index is 559. The van der Waals surface area contributed by atoms with Gasteiger partial charge in [-0.25, -0.2) is 0 Å². The molecule has 1 heterocycles. The van der Waals surface area contributed by atoms with Crippen molar-refractivity contribution in [3.05, 3.63) is 24.3 Å². The molecular formula is C7H7NO7PS+. The van der Waals surface area contributed by atoms with Crippen molar-refractivity contribution >= 4 is 24.1 Å². The lowest BCUT2D eigenvalue weighted by molar-refractivity contribution is 0.167. The number of fused-ring (bicyclic) bond motifs is 1. The van der Waals surface area contributed by atoms with E-state index in [2.05, 4.69) is 4.62 Å². The summed E-state index contributed by atoms with van der Waals surface area (Å²) in [6.45, 7) is 0. The molecule has 1 aliphatic heterocycles. The van der Waals surface area contributed by atoms with Crippen LogP contribution in [0.5, 0.6) is 5.75 Å². The van der Waals surface area contributed by atoms with Crippen molar-refractivity contribution < 1.29 is 31.8 Å². The van der Waals surface area contributed by atoms with Gasteiger partial charge >= 0.3 is 23.9 Å². The summed E-state index contributed by atoms with van der Waals surface area (Å²) in [6.07, 6.45) is 0. The fourth-order valence-corrected chi connectivity index (χ4v) is 2.36. The Kier molecular flexibility index (Phi) is 3.02. The Morgan fingerprint density at radius 2 is 2.06 bits per heavy atom. The Hall–Kier alpha value is -1.25. The third-order valence-electron chi connectivity index (χ3n) is 1.93. The first-order valence-electron chi connectivity index (χ1n) is 4.25. The summed E-state index contributed by atoms with van der Waals surface area (Å²) in [5.41, 5.74) is -1.77. The van der Waals surface area contributed by atoms with Gasteiger partial charge in [-0.3, -0.25) is 4.55 Å². The van der Waals surface area contributed by atoms with Crippen molar-refractivity contribution in [1.82, 2.24) is 0 Å². The molecule has 0 amide bonds. The summed E-state index contributed by atoms with van der Waals surface area (Å²) in [7, 11) is -7.72. The summed E-state index contributed by atoms with van der Waals surface area (Å²) in [5, 5.41) is 0.531. The first kappa shape index (κ1) is 12.2. The lowest BCUT2D eigenvalue weighted by Crippen LogP contribution is -2.39. The average molecular weight is 280 g/mol. The fraction of sp³-hybridized carbons (Fsp3) is 0.143. The minimum atomic E-state index is -4.63. The average Bonchev–Trinajstić information content (AvgIpc) is 2.56. The molecule has 17 heavy (non-hydrogen) atoms. The van der Waals surface area contributed by atoms with Gasteiger partial charge in [0.2, 0.25) is 0 Å². The summed E-state index contributed by atoms with van der Waals surface area (Å²) < 4.78 is 50.9. The molecule has 8 nitrogen and oxygen atoms in total. The molecule has 0 aromatic heterocycles. The molecule has 0 fully saturated rings. The van der Waals surface area contributed by atoms with Crippen LogP contribution in [0.1, 0.15) is 0 Å². The molecule has 2 rings (SSSR count). The van der Waals surface area contributed by atoms with Gasteiger partial charge in [-0.05, 0) is 12.1 Å². The number of ether oxygens (including phenoxy) is 1. The molecule has 2 atom stereocenters. The van der Waals surface area contributed by atoms with Crippen molar-refractivity contribution in [2.24, 2.45) is 0 Å². The van der Waals surface area contributed by atoms with Crippen LogP contribution in [0.3, 0.4) is 0 Å². The molecule has 0 spiro atoms. The van der Waals surface area contributed by atoms with Gasteiger partial charge in [-0.1, -0.05) is 12.1 Å². The Morgan fingerprint density at radius 1 is 1.41 bits per heavy atom. The smallest absolute Gasteiger partial charge is 0.450 e. The molecule has 1 aromatic carbocycles. The van der Waals surface area contributed by atoms with Gasteiger partial charge in [0.1, 0.15) is 11.4 Å². The van der Waals surface area contributed by atoms with Gasteiger partial charge in [0.05, 0.1) is 0 Å². The molecule has 92 valence electrons. The van der Waals surface area contributed by atoms with Crippen molar-refractivity contribution in [2.75, 3.05) is 5.06 Å². The first-order chi connectivity index (χ1) is 7.89. The molecule has 10 heteroatoms. The number of rotatable bonds is 3. The van der Waals surface area contributed by atoms with Gasteiger partial charge in [0.25, 0.3) is 0 Å². The molecule has 1 aliphatic rings. The van der Waals surface area contributed by atoms with Crippen LogP contribution in [0, 0.1) is 0 Å². The lowest BCUT2D eigenvalue weighted by Gasteiger charge is -2.14. The number of hydrogen-bond acceptors (Lipinski definition) is 6. The minimum Gasteiger partial charge on any atom is -0.450 e. The molecule has 0 saturated carbocycles. The number of nitrogens with zero attached hydrogens (tertiary/aromatic N) is 1. The van der Waals surface area contributed by atoms with Crippen LogP contribution in [0.4, 0.5) is 5.69 Å². The van der Waals surface area contributed by atoms with Crippen LogP contribution < -0.4 is 9.80 Å². The topological polar surface area (TPSA) is 113 Å². The SMILES string of the molecule is O=[P+](O)ON1c2ccccc2OC1S(=O)(=O)O. The van der Waals surface area contributed by atoms with Gasteiger partial charge in [-0.15, -0.1) is 9.96 Å². The predicted molar refractivity (Wildman–Crippen MR) is 55.8 cm³/mol. The lowest BCUT2D eigenvalue weighted by atomic mass is 10.3. The van der Waals surface area contributed by atoms with E-state index in [0.29, 0.717) is 5.06 Å². The first-order valence-corrected chi connectivity index (χ1v) is 6.88. The second kappa shape index (κ2) is 4.21. The zero-order chi connectivity index (χ0) is 12.6. The van der Waals surface area contributed by atoms with E-state index in [1.54, 1.807) is 12.1 Å². The summed E-state index contributed by atoms with van der Waals surface area (Å²) in [4.78, 5) is 8.64. The Morgan fingerprint density at radius 3 is 2.65 bits per heavy atom. The third-order valence-corrected chi connectivity index (χ3v) is 3.05. The molecule has 0 bridgehead atoms. The molecular weight excluding hydrogens is 273 g/mol. The highest BCUT2D eigenvalue weighted by atomic mass is 32.2. The second-order valence-electron chi connectivity index (χ2n) is 3.05. The zero-order valence-corrected chi connectivity index (χ0v) is 9.84. The summed E-state index contributed by atoms with van der Waals surface area (Å²) >= 11 is 0. The van der Waals surface area contributed by atoms with Gasteiger partial charge in [-0.2, -0.15) is 8.42 Å². The Labute approximate surface area is 97.0 Å². The number of hydrogen-bond donors (Lipinski definition) is 2. The predicted octanol–water partition coefficient (Wildman–Crippen LogP) is 0.638. The molecule has 2 N–H and O–H groups in total. The largest absolute Gasteiger partial charge is 0.719 e. The van der Waals surface area contributed by atoms with Crippen molar-refractivity contribution in [2.45, 2.75) is 5.56 Å². The van der Waals surface area contributed by atoms with Crippen LogP contribution in [0.25, 0.3) is 0 Å². The van der Waals surface area contributed by atoms with E-state index >= 15 is 0 Å². The van der Waals surface area contributed by atoms with E-state index < -0.39 is 23.9 Å². The quantitative estimate of drug-likeness (QED) is 0.612. The molecule has 1 aromatic rings. The highest BCUT2D eigenvalue weighted by molar-refractivity contribution is 7.86. The van der Waals surface area contributed by atoms with Crippen molar-refractivity contribution in [1.29, 1.82) is 0 Å². The monoisotopic (exact) mass is 280 g/mol. The standard InChI is InChI=1S/C7H6NO7PS/c9-16(10)15-8-5-3-1-2-4-6(5)14-7(8)17(11,12)13/h1-4,7H,(H-,9,10,11,12,13)/p+1. The van der Waals surface area contributed by atoms with Crippen LogP contribution >= 0.6 is 8.25 Å². The molecule has 0 saturated heterocycles. The number of benzene rings is 1. The van der Waals surface area contributed by atoms with Crippen molar-refractivity contribution in [3.8, 4) is 5.75 Å². The maximum atomic E-state index is 11.0. The van der Waals surface area contributed by atoms with Gasteiger partial charge < -0.3 is 4.74 Å². The van der Waals surface area contributed by atoms with Crippen LogP contribution in [0.2, 0.25) is 0 Å². The molecule has 0 aliphatic carbocycles. The summed E-state index contributed by atoms with van der Waals surface area (Å²) in [5.74, 6) is 0.118. The molecule has 2 unspecified atom stereocenters. The van der Waals surface area contributed by atoms with E-state index in [9.17, 15) is 13.0 Å². The van der Waals surface area contributed by atoms with Crippen molar-refractivity contribution in [3.63, 3.8) is 0 Å². The zero-order valence-electron chi connectivity index (χ0n) is 8.13. The molecule has 0 radical (unpaired) electrons. The van der Waals surface area contributed by atoms with E-state index in [0.717, 1.165) is 0 Å². The van der Waals surface area contributed by atoms with Crippen LogP contribution in [0.15, 0.2) is 24.3 Å². The van der Waals surface area contributed by atoms with E-state index in [1.165, 1.54) is 12.1 Å². The van der Waals surface area contributed by atoms with E-state index in [1.807, 2.05) is 0 Å². The summed E-state index contributed by atoms with van der Waals surface area (Å²) in [6, 6.07) is 5.97. The van der Waals surface area contributed by atoms with Crippen LogP contribution in [-0.2, 0) is 19.3 Å². The van der Waals surface area contributed by atoms with Crippen LogP contribution in [-0.4, -0.2) is 23.4 Å². The second-order valence-corrected chi connectivity index (χ2v) is 5.13. The highest BCUT2D eigenvalue weighted by Crippen LogP contribution is 2.41. The Balaban J connectivity index is 2.44. The van der Waals surface area contributed by atoms with E-state index in [-0.39, 0.29) is 11.4 Å². The van der Waals surface area contributed by atoms with E-state index in [4.69, 9.17) is 14.2 Å².